The van der Waals surface area contributed by atoms with E-state index >= 15 is 0 Å². The summed E-state index contributed by atoms with van der Waals surface area (Å²) < 4.78 is 6.00. The minimum Gasteiger partial charge on any atom is -0.481 e. The number of piperazine rings is 1. The number of hydrogen-bond donors (Lipinski definition) is 0. The van der Waals surface area contributed by atoms with Crippen LogP contribution < -0.4 is 9.64 Å². The molecule has 0 aliphatic carbocycles. The van der Waals surface area contributed by atoms with Crippen molar-refractivity contribution in [1.82, 2.24) is 14.9 Å². The monoisotopic (exact) mass is 354 g/mol. The van der Waals surface area contributed by atoms with Crippen LogP contribution in [0.3, 0.4) is 0 Å². The van der Waals surface area contributed by atoms with Gasteiger partial charge in [0.15, 0.2) is 6.10 Å². The zero-order valence-electron chi connectivity index (χ0n) is 15.6. The first-order valence-corrected chi connectivity index (χ1v) is 9.12. The average Bonchev–Trinajstić information content (AvgIpc) is 2.68. The number of nitrogens with zero attached hydrogens (tertiary/aromatic N) is 4. The second kappa shape index (κ2) is 8.17. The van der Waals surface area contributed by atoms with E-state index in [1.807, 2.05) is 30.0 Å². The highest BCUT2D eigenvalue weighted by Gasteiger charge is 2.27. The van der Waals surface area contributed by atoms with Gasteiger partial charge in [0.1, 0.15) is 5.75 Å². The van der Waals surface area contributed by atoms with Crippen molar-refractivity contribution in [2.24, 2.45) is 0 Å². The number of hydrogen-bond acceptors (Lipinski definition) is 5. The molecular formula is C20H26N4O2. The van der Waals surface area contributed by atoms with Gasteiger partial charge in [0.2, 0.25) is 5.95 Å². The first kappa shape index (κ1) is 18.2. The Morgan fingerprint density at radius 3 is 2.31 bits per heavy atom. The number of rotatable bonds is 5. The zero-order chi connectivity index (χ0) is 18.5. The van der Waals surface area contributed by atoms with Crippen molar-refractivity contribution in [3.63, 3.8) is 0 Å². The lowest BCUT2D eigenvalue weighted by Gasteiger charge is -2.35. The normalized spacial score (nSPS) is 15.8. The zero-order valence-corrected chi connectivity index (χ0v) is 15.6. The molecule has 0 saturated carbocycles. The van der Waals surface area contributed by atoms with Gasteiger partial charge in [-0.05, 0) is 30.5 Å². The van der Waals surface area contributed by atoms with Crippen molar-refractivity contribution in [3.8, 4) is 5.75 Å². The molecule has 0 radical (unpaired) electrons. The molecule has 1 aliphatic rings. The third-order valence-corrected chi connectivity index (χ3v) is 4.62. The lowest BCUT2D eigenvalue weighted by molar-refractivity contribution is -0.138. The SMILES string of the molecule is CC(C)c1ccccc1O[C@@H](C)C(=O)N1CCN(c2ncccn2)CC1. The Morgan fingerprint density at radius 2 is 1.65 bits per heavy atom. The van der Waals surface area contributed by atoms with Crippen LogP contribution in [0.1, 0.15) is 32.3 Å². The van der Waals surface area contributed by atoms with E-state index in [2.05, 4.69) is 34.8 Å². The van der Waals surface area contributed by atoms with Gasteiger partial charge in [-0.25, -0.2) is 9.97 Å². The summed E-state index contributed by atoms with van der Waals surface area (Å²) in [6.07, 6.45) is 2.97. The van der Waals surface area contributed by atoms with Gasteiger partial charge in [0.25, 0.3) is 5.91 Å². The minimum atomic E-state index is -0.505. The molecule has 1 saturated heterocycles. The summed E-state index contributed by atoms with van der Waals surface area (Å²) in [5.41, 5.74) is 1.12. The smallest absolute Gasteiger partial charge is 0.263 e. The Kier molecular flexibility index (Phi) is 5.71. The summed E-state index contributed by atoms with van der Waals surface area (Å²) in [6.45, 7) is 8.83. The van der Waals surface area contributed by atoms with Gasteiger partial charge in [0, 0.05) is 38.6 Å². The molecule has 2 heterocycles. The van der Waals surface area contributed by atoms with Gasteiger partial charge >= 0.3 is 0 Å². The average molecular weight is 354 g/mol. The van der Waals surface area contributed by atoms with E-state index < -0.39 is 6.10 Å². The molecule has 1 fully saturated rings. The molecule has 1 atom stereocenters. The second-order valence-electron chi connectivity index (χ2n) is 6.81. The Labute approximate surface area is 154 Å². The fourth-order valence-electron chi connectivity index (χ4n) is 3.14. The summed E-state index contributed by atoms with van der Waals surface area (Å²) >= 11 is 0. The molecule has 1 aromatic heterocycles. The maximum absolute atomic E-state index is 12.8. The molecular weight excluding hydrogens is 328 g/mol. The third kappa shape index (κ3) is 4.12. The highest BCUT2D eigenvalue weighted by Crippen LogP contribution is 2.27. The number of benzene rings is 1. The van der Waals surface area contributed by atoms with Gasteiger partial charge in [-0.1, -0.05) is 32.0 Å². The number of carbonyl (C=O) groups is 1. The predicted molar refractivity (Wildman–Crippen MR) is 101 cm³/mol. The molecule has 6 heteroatoms. The van der Waals surface area contributed by atoms with Crippen LogP contribution >= 0.6 is 0 Å². The number of amides is 1. The first-order chi connectivity index (χ1) is 12.6. The molecule has 26 heavy (non-hydrogen) atoms. The summed E-state index contributed by atoms with van der Waals surface area (Å²) in [5.74, 6) is 1.88. The van der Waals surface area contributed by atoms with E-state index in [1.165, 1.54) is 0 Å². The highest BCUT2D eigenvalue weighted by molar-refractivity contribution is 5.81. The quantitative estimate of drug-likeness (QED) is 0.826. The van der Waals surface area contributed by atoms with Gasteiger partial charge in [-0.3, -0.25) is 4.79 Å². The van der Waals surface area contributed by atoms with Crippen LogP contribution in [0.15, 0.2) is 42.7 Å². The van der Waals surface area contributed by atoms with E-state index in [0.29, 0.717) is 19.0 Å². The van der Waals surface area contributed by atoms with Gasteiger partial charge in [-0.2, -0.15) is 0 Å². The Balaban J connectivity index is 1.58. The van der Waals surface area contributed by atoms with E-state index in [0.717, 1.165) is 30.4 Å². The molecule has 0 spiro atoms. The first-order valence-electron chi connectivity index (χ1n) is 9.12. The van der Waals surface area contributed by atoms with Crippen molar-refractivity contribution in [2.45, 2.75) is 32.8 Å². The molecule has 0 unspecified atom stereocenters. The van der Waals surface area contributed by atoms with E-state index in [-0.39, 0.29) is 5.91 Å². The predicted octanol–water partition coefficient (Wildman–Crippen LogP) is 2.72. The molecule has 138 valence electrons. The van der Waals surface area contributed by atoms with Gasteiger partial charge < -0.3 is 14.5 Å². The molecule has 0 bridgehead atoms. The summed E-state index contributed by atoms with van der Waals surface area (Å²) in [7, 11) is 0. The van der Waals surface area contributed by atoms with Crippen LogP contribution in [-0.4, -0.2) is 53.1 Å². The minimum absolute atomic E-state index is 0.0252. The lowest BCUT2D eigenvalue weighted by Crippen LogP contribution is -2.52. The molecule has 2 aromatic rings. The van der Waals surface area contributed by atoms with E-state index in [4.69, 9.17) is 4.74 Å². The van der Waals surface area contributed by atoms with Crippen LogP contribution in [-0.2, 0) is 4.79 Å². The highest BCUT2D eigenvalue weighted by atomic mass is 16.5. The molecule has 6 nitrogen and oxygen atoms in total. The van der Waals surface area contributed by atoms with Crippen molar-refractivity contribution in [1.29, 1.82) is 0 Å². The van der Waals surface area contributed by atoms with Crippen LogP contribution in [0, 0.1) is 0 Å². The van der Waals surface area contributed by atoms with Crippen LogP contribution in [0.5, 0.6) is 5.75 Å². The standard InChI is InChI=1S/C20H26N4O2/c1-15(2)17-7-4-5-8-18(17)26-16(3)19(25)23-11-13-24(14-12-23)20-21-9-6-10-22-20/h4-10,15-16H,11-14H2,1-3H3/t16-/m0/s1. The largest absolute Gasteiger partial charge is 0.481 e. The van der Waals surface area contributed by atoms with Crippen LogP contribution in [0.4, 0.5) is 5.95 Å². The number of anilines is 1. The van der Waals surface area contributed by atoms with Crippen molar-refractivity contribution in [3.05, 3.63) is 48.3 Å². The molecule has 1 amide bonds. The van der Waals surface area contributed by atoms with Crippen molar-refractivity contribution >= 4 is 11.9 Å². The van der Waals surface area contributed by atoms with Gasteiger partial charge in [-0.15, -0.1) is 0 Å². The van der Waals surface area contributed by atoms with Crippen molar-refractivity contribution in [2.75, 3.05) is 31.1 Å². The summed E-state index contributed by atoms with van der Waals surface area (Å²) in [5, 5.41) is 0. The topological polar surface area (TPSA) is 58.6 Å². The summed E-state index contributed by atoms with van der Waals surface area (Å²) in [6, 6.07) is 9.73. The third-order valence-electron chi connectivity index (χ3n) is 4.62. The van der Waals surface area contributed by atoms with Crippen molar-refractivity contribution < 1.29 is 9.53 Å². The lowest BCUT2D eigenvalue weighted by atomic mass is 10.0. The summed E-state index contributed by atoms with van der Waals surface area (Å²) in [4.78, 5) is 25.3. The maximum Gasteiger partial charge on any atom is 0.263 e. The molecule has 1 aliphatic heterocycles. The number of carbonyl (C=O) groups excluding carboxylic acids is 1. The maximum atomic E-state index is 12.8. The van der Waals surface area contributed by atoms with Crippen LogP contribution in [0.25, 0.3) is 0 Å². The Hall–Kier alpha value is -2.63. The number of aromatic nitrogens is 2. The fraction of sp³-hybridized carbons (Fsp3) is 0.450. The van der Waals surface area contributed by atoms with Crippen LogP contribution in [0.2, 0.25) is 0 Å². The Morgan fingerprint density at radius 1 is 1.00 bits per heavy atom. The molecule has 3 rings (SSSR count). The van der Waals surface area contributed by atoms with E-state index in [1.54, 1.807) is 18.5 Å². The number of ether oxygens (including phenoxy) is 1. The van der Waals surface area contributed by atoms with Gasteiger partial charge in [0.05, 0.1) is 0 Å². The molecule has 1 aromatic carbocycles. The second-order valence-corrected chi connectivity index (χ2v) is 6.81. The Bertz CT molecular complexity index is 728. The fourth-order valence-corrected chi connectivity index (χ4v) is 3.14. The van der Waals surface area contributed by atoms with E-state index in [9.17, 15) is 4.79 Å². The number of para-hydroxylation sites is 1. The molecule has 0 N–H and O–H groups in total.